The summed E-state index contributed by atoms with van der Waals surface area (Å²) in [4.78, 5) is 47.8. The number of aryl methyl sites for hydroxylation is 1. The van der Waals surface area contributed by atoms with Gasteiger partial charge in [-0.05, 0) is 18.2 Å². The summed E-state index contributed by atoms with van der Waals surface area (Å²) in [5.74, 6) is -3.02. The molecule has 3 rings (SSSR count). The zero-order chi connectivity index (χ0) is 18.8. The van der Waals surface area contributed by atoms with Crippen molar-refractivity contribution in [2.24, 2.45) is 7.05 Å². The number of aromatic carboxylic acids is 1. The van der Waals surface area contributed by atoms with E-state index in [0.29, 0.717) is 4.68 Å². The molecule has 2 heterocycles. The third-order valence-electron chi connectivity index (χ3n) is 3.78. The van der Waals surface area contributed by atoms with Crippen LogP contribution in [0.1, 0.15) is 21.0 Å². The van der Waals surface area contributed by atoms with Crippen LogP contribution in [0.25, 0.3) is 10.8 Å². The molecule has 0 unspecified atom stereocenters. The Morgan fingerprint density at radius 3 is 2.42 bits per heavy atom. The predicted molar refractivity (Wildman–Crippen MR) is 88.2 cm³/mol. The Balaban J connectivity index is 1.91. The van der Waals surface area contributed by atoms with Crippen molar-refractivity contribution in [3.8, 4) is 0 Å². The Kier molecular flexibility index (Phi) is 4.36. The maximum Gasteiger partial charge on any atom is 0.275 e. The molecule has 0 spiro atoms. The van der Waals surface area contributed by atoms with Crippen molar-refractivity contribution in [3.05, 3.63) is 64.3 Å². The molecule has 0 saturated carbocycles. The number of carbonyl (C=O) groups is 3. The molecular formula is C17H13N4O5-. The van der Waals surface area contributed by atoms with Gasteiger partial charge in [-0.15, -0.1) is 0 Å². The minimum absolute atomic E-state index is 0.0864. The number of rotatable bonds is 4. The molecule has 26 heavy (non-hydrogen) atoms. The average molecular weight is 353 g/mol. The van der Waals surface area contributed by atoms with Crippen LogP contribution in [-0.4, -0.2) is 32.1 Å². The lowest BCUT2D eigenvalue weighted by atomic mass is 10.1. The molecule has 0 bridgehead atoms. The Labute approximate surface area is 146 Å². The summed E-state index contributed by atoms with van der Waals surface area (Å²) in [5, 5.41) is 17.3. The number of imide groups is 1. The molecule has 9 heteroatoms. The lowest BCUT2D eigenvalue weighted by molar-refractivity contribution is -0.255. The van der Waals surface area contributed by atoms with Crippen molar-refractivity contribution in [3.63, 3.8) is 0 Å². The van der Waals surface area contributed by atoms with Crippen LogP contribution in [0.2, 0.25) is 0 Å². The summed E-state index contributed by atoms with van der Waals surface area (Å²) >= 11 is 0. The second-order valence-corrected chi connectivity index (χ2v) is 5.53. The highest BCUT2D eigenvalue weighted by Crippen LogP contribution is 2.12. The number of hydrogen-bond donors (Lipinski definition) is 1. The van der Waals surface area contributed by atoms with E-state index in [1.807, 2.05) is 0 Å². The highest BCUT2D eigenvalue weighted by molar-refractivity contribution is 6.04. The normalized spacial score (nSPS) is 10.7. The van der Waals surface area contributed by atoms with Crippen LogP contribution in [0.4, 0.5) is 0 Å². The van der Waals surface area contributed by atoms with E-state index in [2.05, 4.69) is 10.4 Å². The summed E-state index contributed by atoms with van der Waals surface area (Å²) < 4.78 is 2.22. The quantitative estimate of drug-likeness (QED) is 0.645. The Hall–Kier alpha value is -3.75. The Morgan fingerprint density at radius 2 is 1.81 bits per heavy atom. The van der Waals surface area contributed by atoms with Gasteiger partial charge in [-0.2, -0.15) is 5.10 Å². The van der Waals surface area contributed by atoms with Crippen LogP contribution in [-0.2, 0) is 18.4 Å². The summed E-state index contributed by atoms with van der Waals surface area (Å²) in [7, 11) is 1.64. The van der Waals surface area contributed by atoms with Gasteiger partial charge in [-0.3, -0.25) is 19.7 Å². The number of nitrogens with one attached hydrogen (secondary N) is 1. The maximum absolute atomic E-state index is 12.4. The van der Waals surface area contributed by atoms with Crippen molar-refractivity contribution in [1.29, 1.82) is 0 Å². The molecule has 9 nitrogen and oxygen atoms in total. The van der Waals surface area contributed by atoms with Crippen LogP contribution in [0.5, 0.6) is 0 Å². The summed E-state index contributed by atoms with van der Waals surface area (Å²) in [6.45, 7) is -0.611. The Morgan fingerprint density at radius 1 is 1.12 bits per heavy atom. The van der Waals surface area contributed by atoms with Gasteiger partial charge in [0.25, 0.3) is 11.5 Å². The molecule has 2 amide bonds. The van der Waals surface area contributed by atoms with Crippen LogP contribution in [0.3, 0.4) is 0 Å². The van der Waals surface area contributed by atoms with Crippen molar-refractivity contribution in [2.45, 2.75) is 6.54 Å². The van der Waals surface area contributed by atoms with E-state index in [1.165, 1.54) is 22.8 Å². The largest absolute Gasteiger partial charge is 0.543 e. The molecule has 0 saturated heterocycles. The molecule has 0 aliphatic rings. The topological polar surface area (TPSA) is 126 Å². The highest BCUT2D eigenvalue weighted by atomic mass is 16.4. The molecule has 1 N–H and O–H groups in total. The number of aromatic nitrogens is 3. The fourth-order valence-electron chi connectivity index (χ4n) is 2.56. The van der Waals surface area contributed by atoms with Gasteiger partial charge >= 0.3 is 0 Å². The van der Waals surface area contributed by atoms with Crippen LogP contribution in [0.15, 0.2) is 47.4 Å². The van der Waals surface area contributed by atoms with Crippen molar-refractivity contribution >= 4 is 28.6 Å². The number of benzene rings is 1. The molecule has 132 valence electrons. The number of carboxylic acids is 1. The fraction of sp³-hybridized carbons (Fsp3) is 0.118. The molecule has 0 aliphatic carbocycles. The maximum atomic E-state index is 12.4. The van der Waals surface area contributed by atoms with Crippen LogP contribution in [0, 0.1) is 0 Å². The second-order valence-electron chi connectivity index (χ2n) is 5.53. The number of carbonyl (C=O) groups excluding carboxylic acids is 3. The van der Waals surface area contributed by atoms with Gasteiger partial charge in [0, 0.05) is 18.6 Å². The monoisotopic (exact) mass is 353 g/mol. The molecule has 1 aromatic carbocycles. The first kappa shape index (κ1) is 17.1. The third kappa shape index (κ3) is 3.09. The molecule has 0 fully saturated rings. The van der Waals surface area contributed by atoms with Crippen LogP contribution < -0.4 is 16.0 Å². The van der Waals surface area contributed by atoms with E-state index in [4.69, 9.17) is 0 Å². The number of nitrogens with zero attached hydrogens (tertiary/aromatic N) is 3. The lowest BCUT2D eigenvalue weighted by Crippen LogP contribution is -2.39. The van der Waals surface area contributed by atoms with Gasteiger partial charge < -0.3 is 14.5 Å². The lowest BCUT2D eigenvalue weighted by Gasteiger charge is -2.11. The minimum atomic E-state index is -1.57. The molecule has 0 atom stereocenters. The van der Waals surface area contributed by atoms with Crippen molar-refractivity contribution in [1.82, 2.24) is 19.7 Å². The van der Waals surface area contributed by atoms with Gasteiger partial charge in [-0.1, -0.05) is 18.2 Å². The van der Waals surface area contributed by atoms with Crippen molar-refractivity contribution < 1.29 is 19.5 Å². The van der Waals surface area contributed by atoms with Gasteiger partial charge in [0.1, 0.15) is 17.9 Å². The standard InChI is InChI=1S/C17H14N4O5/c1-20-8-4-7-12(20)15(23)18-13(22)9-21-16(24)11-6-3-2-5-10(11)14(19-21)17(25)26/h2-8H,9H2,1H3,(H,25,26)(H,18,22,23)/p-1. The molecule has 3 aromatic rings. The van der Waals surface area contributed by atoms with Gasteiger partial charge in [0.2, 0.25) is 5.91 Å². The zero-order valence-electron chi connectivity index (χ0n) is 13.6. The second kappa shape index (κ2) is 6.63. The molecule has 0 aliphatic heterocycles. The van der Waals surface area contributed by atoms with E-state index in [0.717, 1.165) is 0 Å². The number of hydrogen-bond acceptors (Lipinski definition) is 6. The molecule has 2 aromatic heterocycles. The first-order chi connectivity index (χ1) is 12.4. The van der Waals surface area contributed by atoms with Crippen molar-refractivity contribution in [2.75, 3.05) is 0 Å². The van der Waals surface area contributed by atoms with E-state index < -0.39 is 35.6 Å². The first-order valence-corrected chi connectivity index (χ1v) is 7.55. The number of carboxylic acid groups (broad SMARTS) is 1. The minimum Gasteiger partial charge on any atom is -0.543 e. The fourth-order valence-corrected chi connectivity index (χ4v) is 2.56. The smallest absolute Gasteiger partial charge is 0.275 e. The molecule has 0 radical (unpaired) electrons. The Bertz CT molecular complexity index is 1100. The van der Waals surface area contributed by atoms with E-state index in [1.54, 1.807) is 31.4 Å². The zero-order valence-corrected chi connectivity index (χ0v) is 13.6. The average Bonchev–Trinajstić information content (AvgIpc) is 3.03. The highest BCUT2D eigenvalue weighted by Gasteiger charge is 2.16. The molecular weight excluding hydrogens is 340 g/mol. The van der Waals surface area contributed by atoms with Gasteiger partial charge in [0.05, 0.1) is 11.4 Å². The summed E-state index contributed by atoms with van der Waals surface area (Å²) in [6.07, 6.45) is 1.64. The van der Waals surface area contributed by atoms with E-state index >= 15 is 0 Å². The van der Waals surface area contributed by atoms with E-state index in [9.17, 15) is 24.3 Å². The first-order valence-electron chi connectivity index (χ1n) is 7.55. The predicted octanol–water partition coefficient (Wildman–Crippen LogP) is -0.945. The summed E-state index contributed by atoms with van der Waals surface area (Å²) in [6, 6.07) is 9.14. The number of fused-ring (bicyclic) bond motifs is 1. The number of amides is 2. The van der Waals surface area contributed by atoms with E-state index in [-0.39, 0.29) is 16.5 Å². The van der Waals surface area contributed by atoms with Crippen LogP contribution >= 0.6 is 0 Å². The third-order valence-corrected chi connectivity index (χ3v) is 3.78. The van der Waals surface area contributed by atoms with Gasteiger partial charge in [-0.25, -0.2) is 4.68 Å². The summed E-state index contributed by atoms with van der Waals surface area (Å²) in [5.41, 5.74) is -0.846. The van der Waals surface area contributed by atoms with Gasteiger partial charge in [0.15, 0.2) is 0 Å². The SMILES string of the molecule is Cn1cccc1C(=O)NC(=O)Cn1nc(C(=O)[O-])c2ccccc2c1=O.